The normalized spacial score (nSPS) is 26.8. The lowest BCUT2D eigenvalue weighted by atomic mass is 9.92. The molecule has 12 heteroatoms. The molecule has 2 saturated heterocycles. The van der Waals surface area contributed by atoms with Crippen LogP contribution in [-0.4, -0.2) is 54.1 Å². The Morgan fingerprint density at radius 3 is 2.39 bits per heavy atom. The second kappa shape index (κ2) is 8.59. The highest BCUT2D eigenvalue weighted by atomic mass is 19.4. The number of aliphatic imine (C=N–C) groups is 2. The largest absolute Gasteiger partial charge is 0.433 e. The van der Waals surface area contributed by atoms with Gasteiger partial charge in [-0.05, 0) is 55.4 Å². The zero-order valence-corrected chi connectivity index (χ0v) is 19.2. The smallest absolute Gasteiger partial charge is 0.371 e. The number of rotatable bonds is 3. The average Bonchev–Trinajstić information content (AvgIpc) is 3.30. The maximum absolute atomic E-state index is 14.1. The minimum absolute atomic E-state index is 0.0736. The van der Waals surface area contributed by atoms with E-state index in [1.165, 1.54) is 18.3 Å². The molecule has 2 atom stereocenters. The number of halogens is 5. The Balaban J connectivity index is 1.29. The van der Waals surface area contributed by atoms with E-state index >= 15 is 0 Å². The summed E-state index contributed by atoms with van der Waals surface area (Å²) in [6, 6.07) is 5.95. The molecular formula is C24H24F5N7. The molecule has 4 aliphatic rings. The van der Waals surface area contributed by atoms with Crippen molar-refractivity contribution in [3.63, 3.8) is 0 Å². The molecular weight excluding hydrogens is 481 g/mol. The SMILES string of the molecule is Fc1cc(F)cc(N2C(=NC3C4CCC3CN(c3ccnc(C(F)(F)F)c3)C4)NN3CCCN=C32)c1. The Labute approximate surface area is 204 Å². The maximum atomic E-state index is 14.1. The van der Waals surface area contributed by atoms with Crippen molar-refractivity contribution in [2.24, 2.45) is 21.8 Å². The van der Waals surface area contributed by atoms with Crippen LogP contribution in [0.2, 0.25) is 0 Å². The van der Waals surface area contributed by atoms with Crippen LogP contribution in [0.15, 0.2) is 46.5 Å². The zero-order valence-electron chi connectivity index (χ0n) is 19.2. The molecule has 6 rings (SSSR count). The molecule has 2 bridgehead atoms. The summed E-state index contributed by atoms with van der Waals surface area (Å²) < 4.78 is 67.7. The van der Waals surface area contributed by atoms with Crippen molar-refractivity contribution in [3.8, 4) is 0 Å². The van der Waals surface area contributed by atoms with E-state index in [1.807, 2.05) is 9.91 Å². The molecule has 2 aromatic rings. The first kappa shape index (κ1) is 23.0. The van der Waals surface area contributed by atoms with Gasteiger partial charge >= 0.3 is 6.18 Å². The summed E-state index contributed by atoms with van der Waals surface area (Å²) in [6.07, 6.45) is -0.660. The molecule has 190 valence electrons. The third-order valence-electron chi connectivity index (χ3n) is 7.24. The van der Waals surface area contributed by atoms with Gasteiger partial charge in [0, 0.05) is 44.1 Å². The summed E-state index contributed by atoms with van der Waals surface area (Å²) in [5.74, 6) is -0.116. The highest BCUT2D eigenvalue weighted by Gasteiger charge is 2.45. The second-order valence-electron chi connectivity index (χ2n) is 9.60. The number of benzene rings is 1. The molecule has 1 aromatic heterocycles. The van der Waals surface area contributed by atoms with Gasteiger partial charge < -0.3 is 4.90 Å². The number of nitrogens with zero attached hydrogens (tertiary/aromatic N) is 6. The summed E-state index contributed by atoms with van der Waals surface area (Å²) in [4.78, 5) is 16.7. The molecule has 1 saturated carbocycles. The Hall–Kier alpha value is -3.44. The molecule has 36 heavy (non-hydrogen) atoms. The Bertz CT molecular complexity index is 1200. The zero-order chi connectivity index (χ0) is 25.0. The van der Waals surface area contributed by atoms with Crippen molar-refractivity contribution in [1.29, 1.82) is 0 Å². The van der Waals surface area contributed by atoms with E-state index in [0.29, 0.717) is 49.5 Å². The minimum Gasteiger partial charge on any atom is -0.371 e. The van der Waals surface area contributed by atoms with Crippen LogP contribution in [0, 0.1) is 23.5 Å². The predicted octanol–water partition coefficient (Wildman–Crippen LogP) is 4.04. The van der Waals surface area contributed by atoms with Crippen molar-refractivity contribution in [1.82, 2.24) is 15.4 Å². The quantitative estimate of drug-likeness (QED) is 0.639. The first-order chi connectivity index (χ1) is 17.3. The van der Waals surface area contributed by atoms with E-state index in [4.69, 9.17) is 4.99 Å². The molecule has 2 unspecified atom stereocenters. The minimum atomic E-state index is -4.50. The lowest BCUT2D eigenvalue weighted by Crippen LogP contribution is -2.46. The number of hydrogen-bond donors (Lipinski definition) is 1. The standard InChI is InChI=1S/C24H24F5N7/c25-16-8-17(26)10-19(9-16)36-22(33-35-7-1-5-31-23(35)36)32-21-14-2-3-15(21)13-34(12-14)18-4-6-30-20(11-18)24(27,28)29/h4,6,8-11,14-15,21H,1-3,5,7,12-13H2,(H,32,33). The highest BCUT2D eigenvalue weighted by molar-refractivity contribution is 6.21. The van der Waals surface area contributed by atoms with Crippen LogP contribution in [0.1, 0.15) is 25.0 Å². The number of alkyl halides is 3. The van der Waals surface area contributed by atoms with Gasteiger partial charge in [-0.15, -0.1) is 0 Å². The number of aromatic nitrogens is 1. The van der Waals surface area contributed by atoms with Crippen LogP contribution >= 0.6 is 0 Å². The molecule has 0 spiro atoms. The van der Waals surface area contributed by atoms with E-state index < -0.39 is 23.5 Å². The van der Waals surface area contributed by atoms with Crippen LogP contribution in [-0.2, 0) is 6.18 Å². The Morgan fingerprint density at radius 1 is 0.972 bits per heavy atom. The first-order valence-electron chi connectivity index (χ1n) is 12.0. The van der Waals surface area contributed by atoms with Crippen molar-refractivity contribution in [2.75, 3.05) is 36.0 Å². The van der Waals surface area contributed by atoms with Gasteiger partial charge in [0.1, 0.15) is 17.3 Å². The summed E-state index contributed by atoms with van der Waals surface area (Å²) >= 11 is 0. The van der Waals surface area contributed by atoms with Gasteiger partial charge in [0.15, 0.2) is 0 Å². The fourth-order valence-corrected chi connectivity index (χ4v) is 5.68. The number of fused-ring (bicyclic) bond motifs is 3. The van der Waals surface area contributed by atoms with Gasteiger partial charge in [0.25, 0.3) is 0 Å². The molecule has 1 aliphatic carbocycles. The summed E-state index contributed by atoms with van der Waals surface area (Å²) in [5.41, 5.74) is 3.14. The number of pyridine rings is 1. The summed E-state index contributed by atoms with van der Waals surface area (Å²) in [5, 5.41) is 1.83. The fraction of sp³-hybridized carbons (Fsp3) is 0.458. The Kier molecular flexibility index (Phi) is 5.49. The van der Waals surface area contributed by atoms with Crippen LogP contribution < -0.4 is 15.2 Å². The molecule has 3 fully saturated rings. The van der Waals surface area contributed by atoms with E-state index in [9.17, 15) is 22.0 Å². The van der Waals surface area contributed by atoms with Crippen LogP contribution in [0.25, 0.3) is 0 Å². The van der Waals surface area contributed by atoms with Crippen molar-refractivity contribution in [2.45, 2.75) is 31.5 Å². The maximum Gasteiger partial charge on any atom is 0.433 e. The van der Waals surface area contributed by atoms with E-state index in [0.717, 1.165) is 31.4 Å². The molecule has 1 aromatic carbocycles. The lowest BCUT2D eigenvalue weighted by molar-refractivity contribution is -0.141. The van der Waals surface area contributed by atoms with Gasteiger partial charge in [-0.3, -0.25) is 20.4 Å². The lowest BCUT2D eigenvalue weighted by Gasteiger charge is -2.38. The summed E-state index contributed by atoms with van der Waals surface area (Å²) in [7, 11) is 0. The molecule has 0 amide bonds. The fourth-order valence-electron chi connectivity index (χ4n) is 5.68. The number of guanidine groups is 2. The van der Waals surface area contributed by atoms with Crippen molar-refractivity contribution >= 4 is 23.3 Å². The molecule has 3 aliphatic heterocycles. The second-order valence-corrected chi connectivity index (χ2v) is 9.60. The van der Waals surface area contributed by atoms with Gasteiger partial charge in [0.2, 0.25) is 11.9 Å². The third-order valence-corrected chi connectivity index (χ3v) is 7.24. The molecule has 4 heterocycles. The first-order valence-corrected chi connectivity index (χ1v) is 12.0. The van der Waals surface area contributed by atoms with E-state index in [1.54, 1.807) is 11.0 Å². The van der Waals surface area contributed by atoms with Crippen LogP contribution in [0.3, 0.4) is 0 Å². The van der Waals surface area contributed by atoms with Crippen molar-refractivity contribution < 1.29 is 22.0 Å². The number of anilines is 2. The number of hydrazine groups is 1. The number of piperidine rings is 1. The van der Waals surface area contributed by atoms with Crippen LogP contribution in [0.4, 0.5) is 33.3 Å². The molecule has 7 nitrogen and oxygen atoms in total. The monoisotopic (exact) mass is 505 g/mol. The number of nitrogens with one attached hydrogen (secondary N) is 1. The van der Waals surface area contributed by atoms with E-state index in [2.05, 4.69) is 15.4 Å². The van der Waals surface area contributed by atoms with Gasteiger partial charge in [-0.1, -0.05) is 0 Å². The molecule has 0 radical (unpaired) electrons. The average molecular weight is 505 g/mol. The van der Waals surface area contributed by atoms with Crippen molar-refractivity contribution in [3.05, 3.63) is 53.9 Å². The predicted molar refractivity (Wildman–Crippen MR) is 124 cm³/mol. The molecule has 1 N–H and O–H groups in total. The number of hydrogen-bond acceptors (Lipinski definition) is 5. The van der Waals surface area contributed by atoms with Crippen LogP contribution in [0.5, 0.6) is 0 Å². The Morgan fingerprint density at radius 2 is 1.69 bits per heavy atom. The van der Waals surface area contributed by atoms with E-state index in [-0.39, 0.29) is 17.9 Å². The van der Waals surface area contributed by atoms with Gasteiger partial charge in [-0.25, -0.2) is 18.7 Å². The van der Waals surface area contributed by atoms with Gasteiger partial charge in [0.05, 0.1) is 11.7 Å². The van der Waals surface area contributed by atoms with Gasteiger partial charge in [-0.2, -0.15) is 13.2 Å². The highest BCUT2D eigenvalue weighted by Crippen LogP contribution is 2.41. The third kappa shape index (κ3) is 4.11. The topological polar surface area (TPSA) is 59.4 Å². The summed E-state index contributed by atoms with van der Waals surface area (Å²) in [6.45, 7) is 2.42.